The first-order valence-electron chi connectivity index (χ1n) is 8.60. The molecular formula is C17H21N5O3. The first-order chi connectivity index (χ1) is 12.4. The maximum Gasteiger partial charge on any atom is 0.219 e. The molecule has 2 aromatic heterocycles. The van der Waals surface area contributed by atoms with Crippen molar-refractivity contribution < 1.29 is 14.2 Å². The van der Waals surface area contributed by atoms with Gasteiger partial charge in [0.1, 0.15) is 18.2 Å². The summed E-state index contributed by atoms with van der Waals surface area (Å²) in [6.07, 6.45) is 6.80. The molecule has 0 amide bonds. The van der Waals surface area contributed by atoms with Crippen LogP contribution in [0.25, 0.3) is 11.4 Å². The molecule has 0 aliphatic carbocycles. The standard InChI is InChI=1S/C17H21N5O3/c1-5-23-6-2-14(1)25-16-9-15(22-3-7-24-8-4-22)20-17(21-16)13-10-18-12-19-11-13/h9-12,14H,1-8H2. The number of rotatable bonds is 4. The minimum absolute atomic E-state index is 0.126. The number of morpholine rings is 1. The molecule has 2 fully saturated rings. The van der Waals surface area contributed by atoms with E-state index >= 15 is 0 Å². The Hall–Kier alpha value is -2.32. The van der Waals surface area contributed by atoms with Gasteiger partial charge in [-0.3, -0.25) is 0 Å². The molecule has 0 N–H and O–H groups in total. The lowest BCUT2D eigenvalue weighted by Crippen LogP contribution is -2.37. The first kappa shape index (κ1) is 16.2. The molecule has 0 radical (unpaired) electrons. The molecule has 0 spiro atoms. The highest BCUT2D eigenvalue weighted by atomic mass is 16.5. The Labute approximate surface area is 146 Å². The Kier molecular flexibility index (Phi) is 4.98. The van der Waals surface area contributed by atoms with Crippen molar-refractivity contribution in [2.45, 2.75) is 18.9 Å². The van der Waals surface area contributed by atoms with E-state index in [2.05, 4.69) is 19.9 Å². The zero-order valence-corrected chi connectivity index (χ0v) is 14.0. The van der Waals surface area contributed by atoms with Gasteiger partial charge >= 0.3 is 0 Å². The van der Waals surface area contributed by atoms with E-state index in [1.807, 2.05) is 6.07 Å². The van der Waals surface area contributed by atoms with Crippen molar-refractivity contribution in [1.29, 1.82) is 0 Å². The third-order valence-corrected chi connectivity index (χ3v) is 4.30. The van der Waals surface area contributed by atoms with Gasteiger partial charge in [-0.1, -0.05) is 0 Å². The quantitative estimate of drug-likeness (QED) is 0.822. The number of nitrogens with zero attached hydrogens (tertiary/aromatic N) is 5. The van der Waals surface area contributed by atoms with Crippen LogP contribution in [0.4, 0.5) is 5.82 Å². The maximum atomic E-state index is 6.12. The van der Waals surface area contributed by atoms with Crippen LogP contribution in [0.3, 0.4) is 0 Å². The Morgan fingerprint density at radius 2 is 1.68 bits per heavy atom. The molecule has 0 unspecified atom stereocenters. The highest BCUT2D eigenvalue weighted by Crippen LogP contribution is 2.25. The van der Waals surface area contributed by atoms with Crippen molar-refractivity contribution in [3.63, 3.8) is 0 Å². The number of aromatic nitrogens is 4. The summed E-state index contributed by atoms with van der Waals surface area (Å²) in [6.45, 7) is 4.46. The fourth-order valence-electron chi connectivity index (χ4n) is 2.94. The van der Waals surface area contributed by atoms with Crippen molar-refractivity contribution in [3.05, 3.63) is 24.8 Å². The van der Waals surface area contributed by atoms with Gasteiger partial charge in [0.15, 0.2) is 5.82 Å². The zero-order valence-electron chi connectivity index (χ0n) is 14.0. The number of ether oxygens (including phenoxy) is 3. The van der Waals surface area contributed by atoms with Crippen LogP contribution in [0.15, 0.2) is 24.8 Å². The van der Waals surface area contributed by atoms with Crippen LogP contribution in [0.5, 0.6) is 5.88 Å². The van der Waals surface area contributed by atoms with Crippen molar-refractivity contribution >= 4 is 5.82 Å². The SMILES string of the molecule is c1ncc(-c2nc(OC3CCOCC3)cc(N3CCOCC3)n2)cn1. The summed E-state index contributed by atoms with van der Waals surface area (Å²) in [7, 11) is 0. The van der Waals surface area contributed by atoms with Gasteiger partial charge in [-0.2, -0.15) is 4.98 Å². The van der Waals surface area contributed by atoms with Gasteiger partial charge in [0.25, 0.3) is 0 Å². The van der Waals surface area contributed by atoms with Gasteiger partial charge in [-0.15, -0.1) is 0 Å². The Bertz CT molecular complexity index is 688. The van der Waals surface area contributed by atoms with Gasteiger partial charge in [-0.25, -0.2) is 15.0 Å². The van der Waals surface area contributed by atoms with Crippen molar-refractivity contribution in [2.24, 2.45) is 0 Å². The number of hydrogen-bond acceptors (Lipinski definition) is 8. The molecule has 8 nitrogen and oxygen atoms in total. The van der Waals surface area contributed by atoms with Crippen LogP contribution in [-0.4, -0.2) is 65.6 Å². The van der Waals surface area contributed by atoms with E-state index < -0.39 is 0 Å². The normalized spacial score (nSPS) is 19.0. The number of anilines is 1. The van der Waals surface area contributed by atoms with Crippen LogP contribution in [0.1, 0.15) is 12.8 Å². The second-order valence-corrected chi connectivity index (χ2v) is 6.04. The molecule has 4 rings (SSSR count). The molecule has 2 aliphatic rings. The summed E-state index contributed by atoms with van der Waals surface area (Å²) in [5, 5.41) is 0. The lowest BCUT2D eigenvalue weighted by atomic mass is 10.1. The van der Waals surface area contributed by atoms with E-state index in [0.29, 0.717) is 24.9 Å². The molecule has 2 aliphatic heterocycles. The third-order valence-electron chi connectivity index (χ3n) is 4.30. The van der Waals surface area contributed by atoms with Gasteiger partial charge in [-0.05, 0) is 0 Å². The van der Waals surface area contributed by atoms with E-state index in [1.165, 1.54) is 6.33 Å². The van der Waals surface area contributed by atoms with E-state index in [1.54, 1.807) is 12.4 Å². The first-order valence-corrected chi connectivity index (χ1v) is 8.60. The Morgan fingerprint density at radius 1 is 0.960 bits per heavy atom. The summed E-state index contributed by atoms with van der Waals surface area (Å²) in [5.41, 5.74) is 0.773. The summed E-state index contributed by atoms with van der Waals surface area (Å²) < 4.78 is 17.0. The van der Waals surface area contributed by atoms with Crippen molar-refractivity contribution in [1.82, 2.24) is 19.9 Å². The molecular weight excluding hydrogens is 322 g/mol. The highest BCUT2D eigenvalue weighted by Gasteiger charge is 2.20. The maximum absolute atomic E-state index is 6.12. The molecule has 0 saturated carbocycles. The Morgan fingerprint density at radius 3 is 2.44 bits per heavy atom. The van der Waals surface area contributed by atoms with E-state index in [-0.39, 0.29) is 6.10 Å². The topological polar surface area (TPSA) is 82.5 Å². The van der Waals surface area contributed by atoms with Crippen LogP contribution in [0, 0.1) is 0 Å². The molecule has 0 atom stereocenters. The lowest BCUT2D eigenvalue weighted by Gasteiger charge is -2.29. The van der Waals surface area contributed by atoms with Crippen LogP contribution >= 0.6 is 0 Å². The average Bonchev–Trinajstić information content (AvgIpc) is 2.70. The molecule has 4 heterocycles. The molecule has 2 saturated heterocycles. The zero-order chi connectivity index (χ0) is 16.9. The predicted octanol–water partition coefficient (Wildman–Crippen LogP) is 1.33. The molecule has 132 valence electrons. The summed E-state index contributed by atoms with van der Waals surface area (Å²) in [4.78, 5) is 19.6. The summed E-state index contributed by atoms with van der Waals surface area (Å²) in [6, 6.07) is 1.91. The van der Waals surface area contributed by atoms with Crippen molar-refractivity contribution in [3.8, 4) is 17.3 Å². The van der Waals surface area contributed by atoms with Gasteiger partial charge < -0.3 is 19.1 Å². The van der Waals surface area contributed by atoms with Crippen LogP contribution in [-0.2, 0) is 9.47 Å². The van der Waals surface area contributed by atoms with E-state index in [0.717, 1.165) is 50.5 Å². The molecule has 8 heteroatoms. The molecule has 25 heavy (non-hydrogen) atoms. The molecule has 2 aromatic rings. The van der Waals surface area contributed by atoms with Crippen LogP contribution < -0.4 is 9.64 Å². The van der Waals surface area contributed by atoms with E-state index in [4.69, 9.17) is 19.2 Å². The summed E-state index contributed by atoms with van der Waals surface area (Å²) in [5.74, 6) is 2.01. The van der Waals surface area contributed by atoms with Gasteiger partial charge in [0.05, 0.1) is 32.0 Å². The largest absolute Gasteiger partial charge is 0.474 e. The monoisotopic (exact) mass is 343 g/mol. The predicted molar refractivity (Wildman–Crippen MR) is 90.6 cm³/mol. The minimum Gasteiger partial charge on any atom is -0.474 e. The van der Waals surface area contributed by atoms with Crippen molar-refractivity contribution in [2.75, 3.05) is 44.4 Å². The average molecular weight is 343 g/mol. The molecule has 0 aromatic carbocycles. The second kappa shape index (κ2) is 7.71. The lowest BCUT2D eigenvalue weighted by molar-refractivity contribution is 0.0237. The van der Waals surface area contributed by atoms with Crippen LogP contribution in [0.2, 0.25) is 0 Å². The fraction of sp³-hybridized carbons (Fsp3) is 0.529. The van der Waals surface area contributed by atoms with Gasteiger partial charge in [0, 0.05) is 44.4 Å². The second-order valence-electron chi connectivity index (χ2n) is 6.04. The Balaban J connectivity index is 1.64. The fourth-order valence-corrected chi connectivity index (χ4v) is 2.94. The van der Waals surface area contributed by atoms with E-state index in [9.17, 15) is 0 Å². The third kappa shape index (κ3) is 4.02. The van der Waals surface area contributed by atoms with Gasteiger partial charge in [0.2, 0.25) is 5.88 Å². The highest BCUT2D eigenvalue weighted by molar-refractivity contribution is 5.57. The number of hydrogen-bond donors (Lipinski definition) is 0. The molecule has 0 bridgehead atoms. The minimum atomic E-state index is 0.126. The summed E-state index contributed by atoms with van der Waals surface area (Å²) >= 11 is 0. The smallest absolute Gasteiger partial charge is 0.219 e.